The summed E-state index contributed by atoms with van der Waals surface area (Å²) >= 11 is 0. The van der Waals surface area contributed by atoms with Crippen LogP contribution in [0, 0.1) is 5.92 Å². The van der Waals surface area contributed by atoms with Gasteiger partial charge >= 0.3 is 0 Å². The Hall–Kier alpha value is -0.570. The van der Waals surface area contributed by atoms with Crippen molar-refractivity contribution in [1.82, 2.24) is 4.90 Å². The lowest BCUT2D eigenvalue weighted by molar-refractivity contribution is -0.134. The van der Waals surface area contributed by atoms with E-state index in [-0.39, 0.29) is 6.10 Å². The molecule has 0 aromatic carbocycles. The van der Waals surface area contributed by atoms with Gasteiger partial charge in [-0.15, -0.1) is 0 Å². The molecule has 12 heavy (non-hydrogen) atoms. The predicted molar refractivity (Wildman–Crippen MR) is 44.7 cm³/mol. The van der Waals surface area contributed by atoms with Gasteiger partial charge in [-0.2, -0.15) is 0 Å². The Morgan fingerprint density at radius 1 is 1.33 bits per heavy atom. The zero-order valence-electron chi connectivity index (χ0n) is 7.24. The van der Waals surface area contributed by atoms with E-state index >= 15 is 0 Å². The molecule has 3 aliphatic rings. The summed E-state index contributed by atoms with van der Waals surface area (Å²) in [6.45, 7) is 3.94. The van der Waals surface area contributed by atoms with E-state index in [9.17, 15) is 4.79 Å². The zero-order valence-corrected chi connectivity index (χ0v) is 7.24. The molecule has 3 heterocycles. The van der Waals surface area contributed by atoms with Gasteiger partial charge < -0.3 is 4.74 Å². The van der Waals surface area contributed by atoms with Crippen molar-refractivity contribution in [1.29, 1.82) is 0 Å². The second-order valence-corrected chi connectivity index (χ2v) is 3.83. The van der Waals surface area contributed by atoms with Crippen LogP contribution in [0.5, 0.6) is 0 Å². The van der Waals surface area contributed by atoms with Crippen molar-refractivity contribution in [2.75, 3.05) is 19.6 Å². The molecule has 0 aromatic heterocycles. The van der Waals surface area contributed by atoms with Crippen molar-refractivity contribution in [2.24, 2.45) is 5.92 Å². The van der Waals surface area contributed by atoms with Crippen LogP contribution in [-0.2, 0) is 9.53 Å². The van der Waals surface area contributed by atoms with Crippen molar-refractivity contribution in [3.63, 3.8) is 0 Å². The summed E-state index contributed by atoms with van der Waals surface area (Å²) in [7, 11) is 0. The quantitative estimate of drug-likeness (QED) is 0.568. The SMILES string of the molecule is O=COC1CC2CCN(CC2)C1. The summed E-state index contributed by atoms with van der Waals surface area (Å²) < 4.78 is 5.02. The van der Waals surface area contributed by atoms with Crippen LogP contribution < -0.4 is 0 Å². The lowest BCUT2D eigenvalue weighted by atomic mass is 9.95. The molecule has 0 amide bonds. The van der Waals surface area contributed by atoms with E-state index < -0.39 is 0 Å². The first-order valence-electron chi connectivity index (χ1n) is 4.70. The molecule has 3 fully saturated rings. The summed E-state index contributed by atoms with van der Waals surface area (Å²) in [6.07, 6.45) is 3.82. The van der Waals surface area contributed by atoms with Crippen LogP contribution in [0.1, 0.15) is 19.3 Å². The Bertz CT molecular complexity index is 150. The molecule has 3 nitrogen and oxygen atoms in total. The number of piperidine rings is 1. The topological polar surface area (TPSA) is 29.5 Å². The second-order valence-electron chi connectivity index (χ2n) is 3.83. The van der Waals surface area contributed by atoms with Crippen LogP contribution in [0.3, 0.4) is 0 Å². The first-order valence-corrected chi connectivity index (χ1v) is 4.70. The van der Waals surface area contributed by atoms with Gasteiger partial charge in [0, 0.05) is 6.54 Å². The largest absolute Gasteiger partial charge is 0.463 e. The molecule has 1 unspecified atom stereocenters. The summed E-state index contributed by atoms with van der Waals surface area (Å²) in [6, 6.07) is 0. The second kappa shape index (κ2) is 3.44. The zero-order chi connectivity index (χ0) is 8.39. The van der Waals surface area contributed by atoms with Gasteiger partial charge in [-0.3, -0.25) is 9.69 Å². The Balaban J connectivity index is 1.97. The first kappa shape index (κ1) is 8.05. The molecule has 68 valence electrons. The van der Waals surface area contributed by atoms with E-state index in [0.717, 1.165) is 18.9 Å². The van der Waals surface area contributed by atoms with Gasteiger partial charge in [0.1, 0.15) is 6.10 Å². The fraction of sp³-hybridized carbons (Fsp3) is 0.889. The fourth-order valence-electron chi connectivity index (χ4n) is 2.32. The number of fused-ring (bicyclic) bond motifs is 4. The minimum Gasteiger partial charge on any atom is -0.463 e. The minimum atomic E-state index is 0.164. The number of nitrogens with zero attached hydrogens (tertiary/aromatic N) is 1. The van der Waals surface area contributed by atoms with Crippen LogP contribution >= 0.6 is 0 Å². The highest BCUT2D eigenvalue weighted by molar-refractivity contribution is 5.37. The molecular formula is C9H15NO2. The molecule has 0 aromatic rings. The van der Waals surface area contributed by atoms with E-state index in [1.54, 1.807) is 0 Å². The normalized spacial score (nSPS) is 40.5. The van der Waals surface area contributed by atoms with Crippen LogP contribution in [0.2, 0.25) is 0 Å². The molecule has 3 heteroatoms. The van der Waals surface area contributed by atoms with Gasteiger partial charge in [0.25, 0.3) is 6.47 Å². The van der Waals surface area contributed by atoms with Crippen molar-refractivity contribution in [3.8, 4) is 0 Å². The molecule has 3 rings (SSSR count). The number of carbonyl (C=O) groups excluding carboxylic acids is 1. The number of carbonyl (C=O) groups is 1. The van der Waals surface area contributed by atoms with Crippen molar-refractivity contribution < 1.29 is 9.53 Å². The maximum atomic E-state index is 10.2. The molecule has 0 aliphatic carbocycles. The van der Waals surface area contributed by atoms with Gasteiger partial charge in [0.05, 0.1) is 0 Å². The molecule has 0 spiro atoms. The van der Waals surface area contributed by atoms with Gasteiger partial charge in [-0.1, -0.05) is 0 Å². The van der Waals surface area contributed by atoms with E-state index in [1.807, 2.05) is 0 Å². The minimum absolute atomic E-state index is 0.164. The molecule has 1 atom stereocenters. The maximum Gasteiger partial charge on any atom is 0.293 e. The molecule has 0 radical (unpaired) electrons. The highest BCUT2D eigenvalue weighted by atomic mass is 16.5. The fourth-order valence-corrected chi connectivity index (χ4v) is 2.32. The number of rotatable bonds is 2. The van der Waals surface area contributed by atoms with E-state index in [1.165, 1.54) is 25.9 Å². The van der Waals surface area contributed by atoms with Gasteiger partial charge in [0.15, 0.2) is 0 Å². The average Bonchev–Trinajstić information content (AvgIpc) is 2.36. The average molecular weight is 169 g/mol. The van der Waals surface area contributed by atoms with Crippen LogP contribution in [-0.4, -0.2) is 37.1 Å². The van der Waals surface area contributed by atoms with Gasteiger partial charge in [0.2, 0.25) is 0 Å². The lowest BCUT2D eigenvalue weighted by Gasteiger charge is -2.25. The predicted octanol–water partition coefficient (Wildman–Crippen LogP) is 0.644. The standard InChI is InChI=1S/C9H15NO2/c11-7-12-9-5-8-1-3-10(6-9)4-2-8/h7-9H,1-6H2. The molecule has 2 bridgehead atoms. The highest BCUT2D eigenvalue weighted by Gasteiger charge is 2.29. The highest BCUT2D eigenvalue weighted by Crippen LogP contribution is 2.27. The third kappa shape index (κ3) is 1.61. The third-order valence-electron chi connectivity index (χ3n) is 3.01. The van der Waals surface area contributed by atoms with Crippen LogP contribution in [0.4, 0.5) is 0 Å². The van der Waals surface area contributed by atoms with E-state index in [0.29, 0.717) is 6.47 Å². The summed E-state index contributed by atoms with van der Waals surface area (Å²) in [5.74, 6) is 0.800. The molecule has 0 N–H and O–H groups in total. The third-order valence-corrected chi connectivity index (χ3v) is 3.01. The molecule has 0 saturated carbocycles. The van der Waals surface area contributed by atoms with Gasteiger partial charge in [-0.05, 0) is 38.3 Å². The van der Waals surface area contributed by atoms with Crippen LogP contribution in [0.25, 0.3) is 0 Å². The van der Waals surface area contributed by atoms with E-state index in [2.05, 4.69) is 4.90 Å². The Kier molecular flexibility index (Phi) is 2.30. The molecule has 3 saturated heterocycles. The van der Waals surface area contributed by atoms with Gasteiger partial charge in [-0.25, -0.2) is 0 Å². The maximum absolute atomic E-state index is 10.2. The van der Waals surface area contributed by atoms with Crippen molar-refractivity contribution in [2.45, 2.75) is 25.4 Å². The summed E-state index contributed by atoms with van der Waals surface area (Å²) in [5.41, 5.74) is 0. The number of ether oxygens (including phenoxy) is 1. The van der Waals surface area contributed by atoms with Crippen LogP contribution in [0.15, 0.2) is 0 Å². The van der Waals surface area contributed by atoms with E-state index in [4.69, 9.17) is 4.74 Å². The Morgan fingerprint density at radius 2 is 2.08 bits per heavy atom. The lowest BCUT2D eigenvalue weighted by Crippen LogP contribution is -2.33. The number of hydrogen-bond acceptors (Lipinski definition) is 3. The number of hydrogen-bond donors (Lipinski definition) is 0. The Labute approximate surface area is 72.7 Å². The molecule has 3 aliphatic heterocycles. The van der Waals surface area contributed by atoms with Crippen molar-refractivity contribution >= 4 is 6.47 Å². The summed E-state index contributed by atoms with van der Waals surface area (Å²) in [5, 5.41) is 0. The smallest absolute Gasteiger partial charge is 0.293 e. The first-order chi connectivity index (χ1) is 5.88. The van der Waals surface area contributed by atoms with Crippen molar-refractivity contribution in [3.05, 3.63) is 0 Å². The molecular weight excluding hydrogens is 154 g/mol. The Morgan fingerprint density at radius 3 is 2.75 bits per heavy atom. The monoisotopic (exact) mass is 169 g/mol. The summed E-state index contributed by atoms with van der Waals surface area (Å²) in [4.78, 5) is 12.6.